The van der Waals surface area contributed by atoms with E-state index in [0.717, 1.165) is 19.6 Å². The summed E-state index contributed by atoms with van der Waals surface area (Å²) in [4.78, 5) is 13.7. The van der Waals surface area contributed by atoms with Gasteiger partial charge in [0.15, 0.2) is 0 Å². The zero-order valence-electron chi connectivity index (χ0n) is 9.95. The number of rotatable bonds is 4. The highest BCUT2D eigenvalue weighted by Gasteiger charge is 2.28. The van der Waals surface area contributed by atoms with Crippen molar-refractivity contribution >= 4 is 5.97 Å². The minimum Gasteiger partial charge on any atom is -0.468 e. The molecule has 0 aromatic heterocycles. The Kier molecular flexibility index (Phi) is 5.05. The molecule has 2 unspecified atom stereocenters. The molecule has 2 atom stereocenters. The van der Waals surface area contributed by atoms with Gasteiger partial charge in [-0.1, -0.05) is 6.92 Å². The number of esters is 1. The van der Waals surface area contributed by atoms with Crippen molar-refractivity contribution in [2.45, 2.75) is 38.8 Å². The van der Waals surface area contributed by atoms with Crippen molar-refractivity contribution in [3.05, 3.63) is 0 Å². The lowest BCUT2D eigenvalue weighted by atomic mass is 10.0. The Hall–Kier alpha value is -0.610. The van der Waals surface area contributed by atoms with E-state index >= 15 is 0 Å². The van der Waals surface area contributed by atoms with E-state index < -0.39 is 0 Å². The number of hydrogen-bond acceptors (Lipinski definition) is 4. The summed E-state index contributed by atoms with van der Waals surface area (Å²) in [6.45, 7) is 6.98. The van der Waals surface area contributed by atoms with Gasteiger partial charge in [0.1, 0.15) is 6.04 Å². The van der Waals surface area contributed by atoms with Crippen LogP contribution >= 0.6 is 0 Å². The summed E-state index contributed by atoms with van der Waals surface area (Å²) in [5.74, 6) is -0.137. The van der Waals surface area contributed by atoms with Crippen LogP contribution in [0.3, 0.4) is 0 Å². The highest BCUT2D eigenvalue weighted by molar-refractivity contribution is 5.75. The fraction of sp³-hybridized carbons (Fsp3) is 0.909. The molecule has 0 amide bonds. The summed E-state index contributed by atoms with van der Waals surface area (Å²) in [5.41, 5.74) is 0. The molecule has 0 bridgehead atoms. The number of carbonyl (C=O) groups excluding carboxylic acids is 1. The van der Waals surface area contributed by atoms with Crippen LogP contribution in [0.15, 0.2) is 0 Å². The van der Waals surface area contributed by atoms with Crippen LogP contribution in [0, 0.1) is 0 Å². The molecule has 0 aromatic rings. The van der Waals surface area contributed by atoms with Crippen LogP contribution in [0.4, 0.5) is 0 Å². The molecule has 1 heterocycles. The second-order valence-electron chi connectivity index (χ2n) is 4.03. The van der Waals surface area contributed by atoms with E-state index in [1.54, 1.807) is 0 Å². The minimum absolute atomic E-state index is 0.134. The summed E-state index contributed by atoms with van der Waals surface area (Å²) >= 11 is 0. The quantitative estimate of drug-likeness (QED) is 0.697. The lowest BCUT2D eigenvalue weighted by Crippen LogP contribution is -2.52. The van der Waals surface area contributed by atoms with Crippen LogP contribution in [-0.2, 0) is 9.53 Å². The van der Waals surface area contributed by atoms with Crippen molar-refractivity contribution in [3.8, 4) is 0 Å². The number of carbonyl (C=O) groups is 1. The Bertz CT molecular complexity index is 203. The maximum Gasteiger partial charge on any atom is 0.322 e. The third-order valence-corrected chi connectivity index (χ3v) is 3.14. The molecule has 0 aliphatic carbocycles. The van der Waals surface area contributed by atoms with Crippen molar-refractivity contribution in [3.63, 3.8) is 0 Å². The van der Waals surface area contributed by atoms with E-state index in [1.807, 2.05) is 6.92 Å². The third kappa shape index (κ3) is 3.18. The van der Waals surface area contributed by atoms with E-state index in [2.05, 4.69) is 17.1 Å². The number of piperidine rings is 1. The zero-order valence-corrected chi connectivity index (χ0v) is 9.95. The average molecular weight is 214 g/mol. The third-order valence-electron chi connectivity index (χ3n) is 3.14. The van der Waals surface area contributed by atoms with E-state index in [9.17, 15) is 4.79 Å². The molecule has 0 radical (unpaired) electrons. The maximum absolute atomic E-state index is 11.5. The molecule has 4 nitrogen and oxygen atoms in total. The fourth-order valence-corrected chi connectivity index (χ4v) is 2.27. The average Bonchev–Trinajstić information content (AvgIpc) is 2.30. The first-order valence-electron chi connectivity index (χ1n) is 5.75. The number of nitrogens with one attached hydrogen (secondary N) is 1. The van der Waals surface area contributed by atoms with Crippen molar-refractivity contribution in [1.82, 2.24) is 10.2 Å². The lowest BCUT2D eigenvalue weighted by molar-refractivity contribution is -0.147. The Morgan fingerprint density at radius 2 is 2.40 bits per heavy atom. The molecule has 1 saturated heterocycles. The number of ether oxygens (including phenoxy) is 1. The van der Waals surface area contributed by atoms with Gasteiger partial charge in [-0.3, -0.25) is 9.69 Å². The van der Waals surface area contributed by atoms with Gasteiger partial charge < -0.3 is 10.1 Å². The number of nitrogens with zero attached hydrogens (tertiary/aromatic N) is 1. The second kappa shape index (κ2) is 6.08. The van der Waals surface area contributed by atoms with Gasteiger partial charge in [-0.25, -0.2) is 0 Å². The van der Waals surface area contributed by atoms with Gasteiger partial charge in [0.2, 0.25) is 0 Å². The molecular formula is C11H22N2O2. The normalized spacial score (nSPS) is 23.9. The van der Waals surface area contributed by atoms with Crippen molar-refractivity contribution in [2.75, 3.05) is 26.7 Å². The van der Waals surface area contributed by atoms with Gasteiger partial charge in [0, 0.05) is 12.6 Å². The molecule has 1 N–H and O–H groups in total. The molecule has 88 valence electrons. The number of methoxy groups -OCH3 is 1. The van der Waals surface area contributed by atoms with Gasteiger partial charge in [0.05, 0.1) is 7.11 Å². The first-order valence-corrected chi connectivity index (χ1v) is 5.75. The molecule has 1 aliphatic rings. The second-order valence-corrected chi connectivity index (χ2v) is 4.03. The van der Waals surface area contributed by atoms with Crippen LogP contribution < -0.4 is 5.32 Å². The Morgan fingerprint density at radius 3 is 2.87 bits per heavy atom. The molecule has 0 aromatic carbocycles. The standard InChI is InChI=1S/C11H22N2O2/c1-4-13(9(2)11(14)15-3)10-6-5-7-12-8-10/h9-10,12H,4-8H2,1-3H3. The van der Waals surface area contributed by atoms with E-state index in [0.29, 0.717) is 6.04 Å². The van der Waals surface area contributed by atoms with Crippen LogP contribution in [0.2, 0.25) is 0 Å². The predicted octanol–water partition coefficient (Wildman–Crippen LogP) is 0.622. The summed E-state index contributed by atoms with van der Waals surface area (Å²) in [6.07, 6.45) is 2.36. The van der Waals surface area contributed by atoms with Crippen molar-refractivity contribution in [1.29, 1.82) is 0 Å². The smallest absolute Gasteiger partial charge is 0.322 e. The highest BCUT2D eigenvalue weighted by atomic mass is 16.5. The molecule has 4 heteroatoms. The van der Waals surface area contributed by atoms with Crippen molar-refractivity contribution < 1.29 is 9.53 Å². The van der Waals surface area contributed by atoms with E-state index in [1.165, 1.54) is 20.0 Å². The summed E-state index contributed by atoms with van der Waals surface area (Å²) in [6, 6.07) is 0.336. The molecule has 0 spiro atoms. The predicted molar refractivity (Wildman–Crippen MR) is 59.7 cm³/mol. The monoisotopic (exact) mass is 214 g/mol. The van der Waals surface area contributed by atoms with Crippen LogP contribution in [0.5, 0.6) is 0 Å². The Balaban J connectivity index is 2.56. The van der Waals surface area contributed by atoms with E-state index in [-0.39, 0.29) is 12.0 Å². The Morgan fingerprint density at radius 1 is 1.67 bits per heavy atom. The van der Waals surface area contributed by atoms with E-state index in [4.69, 9.17) is 4.74 Å². The SMILES string of the molecule is CCN(C1CCCNC1)C(C)C(=O)OC. The number of hydrogen-bond donors (Lipinski definition) is 1. The highest BCUT2D eigenvalue weighted by Crippen LogP contribution is 2.14. The first kappa shape index (κ1) is 12.5. The summed E-state index contributed by atoms with van der Waals surface area (Å²) in [7, 11) is 1.45. The Labute approximate surface area is 92.0 Å². The fourth-order valence-electron chi connectivity index (χ4n) is 2.27. The molecule has 1 fully saturated rings. The molecule has 1 rings (SSSR count). The van der Waals surface area contributed by atoms with Crippen LogP contribution in [-0.4, -0.2) is 49.7 Å². The zero-order chi connectivity index (χ0) is 11.3. The summed E-state index contributed by atoms with van der Waals surface area (Å²) in [5, 5.41) is 3.37. The molecule has 15 heavy (non-hydrogen) atoms. The molecule has 0 saturated carbocycles. The maximum atomic E-state index is 11.5. The van der Waals surface area contributed by atoms with Gasteiger partial charge >= 0.3 is 5.97 Å². The topological polar surface area (TPSA) is 41.6 Å². The minimum atomic E-state index is -0.137. The van der Waals surface area contributed by atoms with Crippen LogP contribution in [0.25, 0.3) is 0 Å². The largest absolute Gasteiger partial charge is 0.468 e. The van der Waals surface area contributed by atoms with Crippen LogP contribution in [0.1, 0.15) is 26.7 Å². The summed E-state index contributed by atoms with van der Waals surface area (Å²) < 4.78 is 4.78. The van der Waals surface area contributed by atoms with Gasteiger partial charge in [-0.05, 0) is 32.9 Å². The number of likely N-dealkylation sites (N-methyl/N-ethyl adjacent to an activating group) is 1. The lowest BCUT2D eigenvalue weighted by Gasteiger charge is -2.36. The van der Waals surface area contributed by atoms with Gasteiger partial charge in [-0.2, -0.15) is 0 Å². The first-order chi connectivity index (χ1) is 7.20. The van der Waals surface area contributed by atoms with Crippen molar-refractivity contribution in [2.24, 2.45) is 0 Å². The molecule has 1 aliphatic heterocycles. The van der Waals surface area contributed by atoms with Gasteiger partial charge in [-0.15, -0.1) is 0 Å². The molecular weight excluding hydrogens is 192 g/mol. The van der Waals surface area contributed by atoms with Gasteiger partial charge in [0.25, 0.3) is 0 Å².